The molecule has 0 radical (unpaired) electrons. The molecule has 0 aliphatic carbocycles. The Hall–Kier alpha value is -2.36. The molecule has 0 bridgehead atoms. The molecule has 0 aliphatic heterocycles. The Bertz CT molecular complexity index is 304. The minimum Gasteiger partial charge on any atom is -0.351 e. The minimum absolute atomic E-state index is 1.62. The van der Waals surface area contributed by atoms with Crippen molar-refractivity contribution in [3.8, 4) is 0 Å². The van der Waals surface area contributed by atoms with E-state index in [1.54, 1.807) is 37.4 Å². The molecule has 82 valence electrons. The van der Waals surface area contributed by atoms with Crippen LogP contribution in [-0.4, -0.2) is 19.9 Å². The summed E-state index contributed by atoms with van der Waals surface area (Å²) >= 11 is 0. The smallest absolute Gasteiger partial charge is 0.0919 e. The molecule has 0 atom stereocenters. The van der Waals surface area contributed by atoms with Gasteiger partial charge in [0.1, 0.15) is 0 Å². The molecule has 2 aromatic heterocycles. The van der Waals surface area contributed by atoms with E-state index in [4.69, 9.17) is 0 Å². The van der Waals surface area contributed by atoms with E-state index < -0.39 is 0 Å². The second kappa shape index (κ2) is 9.21. The standard InChI is InChI=1S/C6H6.2C3H4N2/c1-2-4-6-5-3-1;2*1-2-5-3-4-1/h1-6H;2*1-3H,(H,4,5). The fourth-order valence-corrected chi connectivity index (χ4v) is 0.815. The molecule has 16 heavy (non-hydrogen) atoms. The van der Waals surface area contributed by atoms with Crippen molar-refractivity contribution < 1.29 is 0 Å². The predicted octanol–water partition coefficient (Wildman–Crippen LogP) is 2.51. The topological polar surface area (TPSA) is 57.4 Å². The van der Waals surface area contributed by atoms with Gasteiger partial charge >= 0.3 is 0 Å². The van der Waals surface area contributed by atoms with Gasteiger partial charge in [0.25, 0.3) is 0 Å². The maximum Gasteiger partial charge on any atom is 0.0919 e. The molecule has 0 unspecified atom stereocenters. The van der Waals surface area contributed by atoms with Gasteiger partial charge in [-0.1, -0.05) is 36.4 Å². The van der Waals surface area contributed by atoms with Gasteiger partial charge in [0, 0.05) is 24.8 Å². The van der Waals surface area contributed by atoms with Gasteiger partial charge in [-0.05, 0) is 0 Å². The van der Waals surface area contributed by atoms with E-state index in [0.29, 0.717) is 0 Å². The highest BCUT2D eigenvalue weighted by Crippen LogP contribution is 1.79. The van der Waals surface area contributed by atoms with E-state index in [1.165, 1.54) is 0 Å². The van der Waals surface area contributed by atoms with E-state index in [9.17, 15) is 0 Å². The second-order valence-corrected chi connectivity index (χ2v) is 2.68. The highest BCUT2D eigenvalue weighted by molar-refractivity contribution is 4.99. The molecule has 0 amide bonds. The maximum absolute atomic E-state index is 3.67. The molecule has 2 heterocycles. The van der Waals surface area contributed by atoms with E-state index in [0.717, 1.165) is 0 Å². The van der Waals surface area contributed by atoms with Gasteiger partial charge in [-0.15, -0.1) is 0 Å². The van der Waals surface area contributed by atoms with Crippen LogP contribution >= 0.6 is 0 Å². The van der Waals surface area contributed by atoms with Gasteiger partial charge in [0.15, 0.2) is 0 Å². The fourth-order valence-electron chi connectivity index (χ4n) is 0.815. The van der Waals surface area contributed by atoms with Crippen molar-refractivity contribution in [3.05, 3.63) is 73.8 Å². The normalized spacial score (nSPS) is 8.00. The van der Waals surface area contributed by atoms with E-state index >= 15 is 0 Å². The second-order valence-electron chi connectivity index (χ2n) is 2.68. The lowest BCUT2D eigenvalue weighted by Crippen LogP contribution is -1.47. The summed E-state index contributed by atoms with van der Waals surface area (Å²) in [5.74, 6) is 0. The number of aromatic amines is 2. The Balaban J connectivity index is 0.000000121. The van der Waals surface area contributed by atoms with Crippen molar-refractivity contribution >= 4 is 0 Å². The third-order valence-electron chi connectivity index (χ3n) is 1.48. The van der Waals surface area contributed by atoms with Crippen LogP contribution in [0.15, 0.2) is 73.8 Å². The first-order chi connectivity index (χ1) is 8.00. The molecular formula is C12H14N4. The molecule has 0 fully saturated rings. The summed E-state index contributed by atoms with van der Waals surface area (Å²) in [5, 5.41) is 0. The number of hydrogen-bond acceptors (Lipinski definition) is 2. The third-order valence-corrected chi connectivity index (χ3v) is 1.48. The zero-order chi connectivity index (χ0) is 11.3. The summed E-state index contributed by atoms with van der Waals surface area (Å²) < 4.78 is 0. The van der Waals surface area contributed by atoms with Crippen molar-refractivity contribution in [2.45, 2.75) is 0 Å². The van der Waals surface area contributed by atoms with Gasteiger partial charge in [-0.25, -0.2) is 9.97 Å². The lowest BCUT2D eigenvalue weighted by Gasteiger charge is -1.69. The summed E-state index contributed by atoms with van der Waals surface area (Å²) in [5.41, 5.74) is 0. The predicted molar refractivity (Wildman–Crippen MR) is 63.6 cm³/mol. The van der Waals surface area contributed by atoms with Crippen molar-refractivity contribution in [1.82, 2.24) is 19.9 Å². The molecule has 1 aromatic carbocycles. The maximum atomic E-state index is 3.67. The van der Waals surface area contributed by atoms with Crippen LogP contribution in [-0.2, 0) is 0 Å². The van der Waals surface area contributed by atoms with Gasteiger partial charge < -0.3 is 9.97 Å². The van der Waals surface area contributed by atoms with Gasteiger partial charge in [-0.3, -0.25) is 0 Å². The average Bonchev–Trinajstić information content (AvgIpc) is 3.10. The van der Waals surface area contributed by atoms with E-state index in [2.05, 4.69) is 19.9 Å². The van der Waals surface area contributed by atoms with Gasteiger partial charge in [0.05, 0.1) is 12.7 Å². The lowest BCUT2D eigenvalue weighted by molar-refractivity contribution is 1.31. The Morgan fingerprint density at radius 3 is 1.06 bits per heavy atom. The largest absolute Gasteiger partial charge is 0.351 e. The molecule has 2 N–H and O–H groups in total. The van der Waals surface area contributed by atoms with Crippen molar-refractivity contribution in [2.24, 2.45) is 0 Å². The molecule has 0 saturated heterocycles. The Morgan fingerprint density at radius 1 is 0.562 bits per heavy atom. The number of benzene rings is 1. The summed E-state index contributed by atoms with van der Waals surface area (Å²) in [6.45, 7) is 0. The highest BCUT2D eigenvalue weighted by atomic mass is 14.8. The minimum atomic E-state index is 1.62. The molecule has 4 heteroatoms. The molecular weight excluding hydrogens is 200 g/mol. The number of rotatable bonds is 0. The van der Waals surface area contributed by atoms with Gasteiger partial charge in [-0.2, -0.15) is 0 Å². The molecule has 4 nitrogen and oxygen atoms in total. The molecule has 0 saturated carbocycles. The van der Waals surface area contributed by atoms with Crippen LogP contribution in [0.3, 0.4) is 0 Å². The average molecular weight is 214 g/mol. The quantitative estimate of drug-likeness (QED) is 0.604. The monoisotopic (exact) mass is 214 g/mol. The zero-order valence-corrected chi connectivity index (χ0v) is 8.82. The molecule has 3 rings (SSSR count). The van der Waals surface area contributed by atoms with Crippen LogP contribution in [0.2, 0.25) is 0 Å². The Kier molecular flexibility index (Phi) is 6.74. The van der Waals surface area contributed by atoms with Crippen LogP contribution in [0.25, 0.3) is 0 Å². The number of imidazole rings is 2. The number of nitrogens with zero attached hydrogens (tertiary/aromatic N) is 2. The summed E-state index contributed by atoms with van der Waals surface area (Å²) in [4.78, 5) is 12.8. The zero-order valence-electron chi connectivity index (χ0n) is 8.82. The summed E-state index contributed by atoms with van der Waals surface area (Å²) in [6.07, 6.45) is 10.2. The number of H-pyrrole nitrogens is 2. The van der Waals surface area contributed by atoms with E-state index in [1.807, 2.05) is 36.4 Å². The number of hydrogen-bond donors (Lipinski definition) is 2. The number of nitrogens with one attached hydrogen (secondary N) is 2. The van der Waals surface area contributed by atoms with Crippen LogP contribution in [0.5, 0.6) is 0 Å². The van der Waals surface area contributed by atoms with E-state index in [-0.39, 0.29) is 0 Å². The molecule has 3 aromatic rings. The summed E-state index contributed by atoms with van der Waals surface area (Å²) in [6, 6.07) is 12.0. The third kappa shape index (κ3) is 7.08. The van der Waals surface area contributed by atoms with Gasteiger partial charge in [0.2, 0.25) is 0 Å². The van der Waals surface area contributed by atoms with Crippen LogP contribution in [0, 0.1) is 0 Å². The van der Waals surface area contributed by atoms with Crippen LogP contribution in [0.1, 0.15) is 0 Å². The number of aromatic nitrogens is 4. The Morgan fingerprint density at radius 2 is 0.938 bits per heavy atom. The van der Waals surface area contributed by atoms with Crippen molar-refractivity contribution in [1.29, 1.82) is 0 Å². The fraction of sp³-hybridized carbons (Fsp3) is 0. The molecule has 0 aliphatic rings. The summed E-state index contributed by atoms with van der Waals surface area (Å²) in [7, 11) is 0. The van der Waals surface area contributed by atoms with Crippen LogP contribution in [0.4, 0.5) is 0 Å². The Labute approximate surface area is 94.4 Å². The first kappa shape index (κ1) is 11.7. The van der Waals surface area contributed by atoms with Crippen molar-refractivity contribution in [2.75, 3.05) is 0 Å². The highest BCUT2D eigenvalue weighted by Gasteiger charge is 1.58. The van der Waals surface area contributed by atoms with Crippen molar-refractivity contribution in [3.63, 3.8) is 0 Å². The first-order valence-electron chi connectivity index (χ1n) is 4.85. The lowest BCUT2D eigenvalue weighted by atomic mass is 10.4. The van der Waals surface area contributed by atoms with Crippen LogP contribution < -0.4 is 0 Å². The first-order valence-corrected chi connectivity index (χ1v) is 4.85. The molecule has 0 spiro atoms. The SMILES string of the molecule is c1c[nH]cn1.c1c[nH]cn1.c1ccccc1.